The number of carbonyl (C=O) groups is 1. The van der Waals surface area contributed by atoms with Gasteiger partial charge in [0.1, 0.15) is 11.8 Å². The molecule has 0 saturated heterocycles. The van der Waals surface area contributed by atoms with Crippen LogP contribution in [0.5, 0.6) is 0 Å². The molecule has 2 rings (SSSR count). The van der Waals surface area contributed by atoms with Crippen LogP contribution in [0.3, 0.4) is 0 Å². The zero-order valence-electron chi connectivity index (χ0n) is 7.86. The van der Waals surface area contributed by atoms with Gasteiger partial charge < -0.3 is 9.40 Å². The molecule has 0 aliphatic carbocycles. The summed E-state index contributed by atoms with van der Waals surface area (Å²) in [5.41, 5.74) is -0.652. The van der Waals surface area contributed by atoms with Crippen LogP contribution in [0.1, 0.15) is 10.4 Å². The summed E-state index contributed by atoms with van der Waals surface area (Å²) in [5.74, 6) is -0.361. The van der Waals surface area contributed by atoms with E-state index in [-0.39, 0.29) is 16.7 Å². The Morgan fingerprint density at radius 3 is 3.00 bits per heavy atom. The molecular formula is C9H6ClN3O3. The number of nitrogens with zero attached hydrogens (tertiary/aromatic N) is 1. The molecule has 6 nitrogen and oxygen atoms in total. The number of nitrogens with one attached hydrogen (secondary N) is 2. The van der Waals surface area contributed by atoms with Crippen molar-refractivity contribution in [1.29, 1.82) is 0 Å². The number of amides is 1. The number of aromatic nitrogens is 2. The number of anilines is 1. The van der Waals surface area contributed by atoms with Gasteiger partial charge in [0.05, 0.1) is 0 Å². The minimum atomic E-state index is -0.611. The van der Waals surface area contributed by atoms with Crippen LogP contribution >= 0.6 is 11.6 Å². The zero-order valence-corrected chi connectivity index (χ0v) is 8.62. The first-order chi connectivity index (χ1) is 7.66. The molecule has 0 unspecified atom stereocenters. The second kappa shape index (κ2) is 4.19. The van der Waals surface area contributed by atoms with Gasteiger partial charge in [-0.2, -0.15) is 0 Å². The number of rotatable bonds is 2. The van der Waals surface area contributed by atoms with Crippen LogP contribution in [-0.2, 0) is 0 Å². The molecule has 0 bridgehead atoms. The summed E-state index contributed by atoms with van der Waals surface area (Å²) >= 11 is 5.45. The van der Waals surface area contributed by atoms with E-state index in [0.717, 1.165) is 12.3 Å². The van der Waals surface area contributed by atoms with E-state index < -0.39 is 11.3 Å². The van der Waals surface area contributed by atoms with Crippen molar-refractivity contribution in [2.45, 2.75) is 0 Å². The highest BCUT2D eigenvalue weighted by Gasteiger charge is 2.12. The highest BCUT2D eigenvalue weighted by molar-refractivity contribution is 6.28. The lowest BCUT2D eigenvalue weighted by Gasteiger charge is -2.00. The molecule has 1 amide bonds. The van der Waals surface area contributed by atoms with Crippen molar-refractivity contribution in [3.8, 4) is 0 Å². The summed E-state index contributed by atoms with van der Waals surface area (Å²) in [6.07, 6.45) is 4.02. The molecule has 0 aromatic carbocycles. The Bertz CT molecular complexity index is 562. The first-order valence-electron chi connectivity index (χ1n) is 4.26. The second-order valence-electron chi connectivity index (χ2n) is 2.85. The fraction of sp³-hybridized carbons (Fsp3) is 0. The van der Waals surface area contributed by atoms with Crippen LogP contribution in [-0.4, -0.2) is 15.9 Å². The average Bonchev–Trinajstić information content (AvgIpc) is 2.70. The molecule has 2 aromatic rings. The number of imidazole rings is 1. The van der Waals surface area contributed by atoms with E-state index in [0.29, 0.717) is 0 Å². The predicted molar refractivity (Wildman–Crippen MR) is 56.5 cm³/mol. The molecule has 2 N–H and O–H groups in total. The van der Waals surface area contributed by atoms with Crippen molar-refractivity contribution in [3.05, 3.63) is 45.7 Å². The van der Waals surface area contributed by atoms with E-state index in [1.54, 1.807) is 6.20 Å². The number of carbonyl (C=O) groups excluding carboxylic acids is 1. The van der Waals surface area contributed by atoms with Crippen LogP contribution in [0.25, 0.3) is 0 Å². The van der Waals surface area contributed by atoms with Crippen LogP contribution in [0.15, 0.2) is 33.9 Å². The lowest BCUT2D eigenvalue weighted by molar-refractivity contribution is 0.102. The van der Waals surface area contributed by atoms with Crippen molar-refractivity contribution < 1.29 is 9.21 Å². The number of aromatic amines is 1. The maximum absolute atomic E-state index is 11.6. The van der Waals surface area contributed by atoms with E-state index in [2.05, 4.69) is 15.3 Å². The first kappa shape index (κ1) is 10.4. The Labute approximate surface area is 94.3 Å². The lowest BCUT2D eigenvalue weighted by Crippen LogP contribution is -2.21. The summed E-state index contributed by atoms with van der Waals surface area (Å²) in [6, 6.07) is 1.03. The Hall–Kier alpha value is -2.08. The fourth-order valence-electron chi connectivity index (χ4n) is 1.06. The number of hydrogen-bond donors (Lipinski definition) is 2. The van der Waals surface area contributed by atoms with Crippen LogP contribution in [0.2, 0.25) is 5.22 Å². The van der Waals surface area contributed by atoms with Gasteiger partial charge in [0.25, 0.3) is 5.91 Å². The lowest BCUT2D eigenvalue weighted by atomic mass is 10.3. The van der Waals surface area contributed by atoms with Gasteiger partial charge in [0, 0.05) is 18.5 Å². The van der Waals surface area contributed by atoms with Gasteiger partial charge in [-0.25, -0.2) is 4.98 Å². The Morgan fingerprint density at radius 2 is 2.38 bits per heavy atom. The van der Waals surface area contributed by atoms with Gasteiger partial charge in [-0.3, -0.25) is 14.9 Å². The maximum Gasteiger partial charge on any atom is 0.265 e. The molecule has 0 spiro atoms. The normalized spacial score (nSPS) is 10.1. The Kier molecular flexibility index (Phi) is 2.74. The van der Waals surface area contributed by atoms with Crippen molar-refractivity contribution in [3.63, 3.8) is 0 Å². The van der Waals surface area contributed by atoms with Gasteiger partial charge in [-0.1, -0.05) is 0 Å². The molecule has 2 aromatic heterocycles. The summed E-state index contributed by atoms with van der Waals surface area (Å²) in [7, 11) is 0. The van der Waals surface area contributed by atoms with Gasteiger partial charge >= 0.3 is 0 Å². The van der Waals surface area contributed by atoms with Crippen LogP contribution in [0.4, 0.5) is 5.95 Å². The highest BCUT2D eigenvalue weighted by atomic mass is 35.5. The number of H-pyrrole nitrogens is 1. The SMILES string of the molecule is O=C(Nc1ncc[nH]1)c1coc(Cl)cc1=O. The molecule has 0 fully saturated rings. The number of halogens is 1. The quantitative estimate of drug-likeness (QED) is 0.826. The van der Waals surface area contributed by atoms with Crippen molar-refractivity contribution in [2.24, 2.45) is 0 Å². The summed E-state index contributed by atoms with van der Waals surface area (Å²) in [4.78, 5) is 29.4. The smallest absolute Gasteiger partial charge is 0.265 e. The van der Waals surface area contributed by atoms with E-state index in [1.165, 1.54) is 6.20 Å². The summed E-state index contributed by atoms with van der Waals surface area (Å²) < 4.78 is 4.75. The first-order valence-corrected chi connectivity index (χ1v) is 4.63. The molecular weight excluding hydrogens is 234 g/mol. The predicted octanol–water partition coefficient (Wildman–Crippen LogP) is 1.27. The molecule has 7 heteroatoms. The third kappa shape index (κ3) is 2.12. The van der Waals surface area contributed by atoms with Crippen molar-refractivity contribution >= 4 is 23.5 Å². The standard InChI is InChI=1S/C9H6ClN3O3/c10-7-3-6(14)5(4-16-7)8(15)13-9-11-1-2-12-9/h1-4H,(H2,11,12,13,15). The Morgan fingerprint density at radius 1 is 1.56 bits per heavy atom. The molecule has 16 heavy (non-hydrogen) atoms. The number of hydrogen-bond acceptors (Lipinski definition) is 4. The van der Waals surface area contributed by atoms with Crippen molar-refractivity contribution in [2.75, 3.05) is 5.32 Å². The molecule has 0 saturated carbocycles. The minimum absolute atomic E-state index is 0.0699. The van der Waals surface area contributed by atoms with E-state index in [9.17, 15) is 9.59 Å². The molecule has 0 aliphatic rings. The highest BCUT2D eigenvalue weighted by Crippen LogP contribution is 2.06. The van der Waals surface area contributed by atoms with Crippen LogP contribution in [0, 0.1) is 0 Å². The van der Waals surface area contributed by atoms with Gasteiger partial charge in [-0.15, -0.1) is 0 Å². The molecule has 0 radical (unpaired) electrons. The second-order valence-corrected chi connectivity index (χ2v) is 3.23. The van der Waals surface area contributed by atoms with Crippen LogP contribution < -0.4 is 10.7 Å². The Balaban J connectivity index is 2.25. The van der Waals surface area contributed by atoms with E-state index in [1.807, 2.05) is 0 Å². The zero-order chi connectivity index (χ0) is 11.5. The maximum atomic E-state index is 11.6. The van der Waals surface area contributed by atoms with E-state index in [4.69, 9.17) is 16.0 Å². The molecule has 82 valence electrons. The largest absolute Gasteiger partial charge is 0.452 e. The molecule has 2 heterocycles. The molecule has 0 aliphatic heterocycles. The van der Waals surface area contributed by atoms with Gasteiger partial charge in [-0.05, 0) is 11.6 Å². The topological polar surface area (TPSA) is 88.0 Å². The monoisotopic (exact) mass is 239 g/mol. The van der Waals surface area contributed by atoms with Gasteiger partial charge in [0.2, 0.25) is 5.95 Å². The average molecular weight is 240 g/mol. The summed E-state index contributed by atoms with van der Waals surface area (Å²) in [5, 5.41) is 2.32. The third-order valence-electron chi connectivity index (χ3n) is 1.77. The fourth-order valence-corrected chi connectivity index (χ4v) is 1.21. The van der Waals surface area contributed by atoms with E-state index >= 15 is 0 Å². The molecule has 0 atom stereocenters. The van der Waals surface area contributed by atoms with Crippen molar-refractivity contribution in [1.82, 2.24) is 9.97 Å². The summed E-state index contributed by atoms with van der Waals surface area (Å²) in [6.45, 7) is 0. The minimum Gasteiger partial charge on any atom is -0.452 e. The third-order valence-corrected chi connectivity index (χ3v) is 1.97. The van der Waals surface area contributed by atoms with Gasteiger partial charge in [0.15, 0.2) is 10.6 Å².